The lowest BCUT2D eigenvalue weighted by Gasteiger charge is -2.21. The first kappa shape index (κ1) is 60.2. The van der Waals surface area contributed by atoms with Crippen LogP contribution in [-0.2, 0) is 23.7 Å². The third-order valence-electron chi connectivity index (χ3n) is 14.1. The lowest BCUT2D eigenvalue weighted by molar-refractivity contribution is -0.114. The zero-order valence-electron chi connectivity index (χ0n) is 45.9. The Morgan fingerprint density at radius 3 is 1.14 bits per heavy atom. The quantitative estimate of drug-likeness (QED) is 0.0551. The van der Waals surface area contributed by atoms with Gasteiger partial charge in [0.15, 0.2) is 24.6 Å². The van der Waals surface area contributed by atoms with Crippen molar-refractivity contribution in [3.8, 4) is 44.5 Å². The lowest BCUT2D eigenvalue weighted by atomic mass is 10.0. The first-order valence-corrected chi connectivity index (χ1v) is 30.0. The summed E-state index contributed by atoms with van der Waals surface area (Å²) < 4.78 is 54.1. The third kappa shape index (κ3) is 14.9. The summed E-state index contributed by atoms with van der Waals surface area (Å²) in [5, 5.41) is -0.130. The van der Waals surface area contributed by atoms with Gasteiger partial charge in [0.25, 0.3) is 0 Å². The molecule has 0 saturated carbocycles. The van der Waals surface area contributed by atoms with Crippen molar-refractivity contribution in [1.82, 2.24) is 9.55 Å². The molecule has 8 aromatic carbocycles. The van der Waals surface area contributed by atoms with Crippen molar-refractivity contribution in [3.05, 3.63) is 263 Å². The summed E-state index contributed by atoms with van der Waals surface area (Å²) in [5.41, 5.74) is 8.23. The second-order valence-electron chi connectivity index (χ2n) is 19.9. The van der Waals surface area contributed by atoms with Crippen LogP contribution >= 0.6 is 39.5 Å². The van der Waals surface area contributed by atoms with Crippen molar-refractivity contribution in [2.75, 3.05) is 18.5 Å². The highest BCUT2D eigenvalue weighted by Gasteiger charge is 2.50. The van der Waals surface area contributed by atoms with E-state index in [0.29, 0.717) is 16.7 Å². The molecule has 2 saturated heterocycles. The van der Waals surface area contributed by atoms with Crippen molar-refractivity contribution < 1.29 is 51.7 Å². The van der Waals surface area contributed by atoms with Crippen LogP contribution in [0.4, 0.5) is 14.6 Å². The standard InChI is InChI=1S/C37H30FN3O6S.C31H24BrFO4S/c1-23(42)39-31-20-21-41(37(45)40-31)34-32(38)33(47-36(44)29-18-14-27(15-19-29)25-10-6-3-7-11-25)30(48-34)22-46-35(43)28-16-12-26(13-17-28)24-8-4-2-5-9-24;32-29-27(33)28(37-31(35)25-17-13-23(14-18-25)21-9-5-2-6-10-21)26(38-29)19-36-30(34)24-15-11-22(12-16-24)20-7-3-1-4-8-20/h2-21,30,32-34H,22H2,1H3,(H,39,40,42,45);1-18,26-29H,19H2/t30-,32+,33-,34-;26-,27+,28-,29+/m11/s1. The molecule has 434 valence electrons. The molecule has 9 aromatic rings. The molecule has 13 nitrogen and oxygen atoms in total. The fraction of sp³-hybridized carbons (Fsp3) is 0.162. The van der Waals surface area contributed by atoms with Crippen LogP contribution in [0.5, 0.6) is 0 Å². The van der Waals surface area contributed by atoms with Gasteiger partial charge in [-0.2, -0.15) is 4.98 Å². The number of ether oxygens (including phenoxy) is 4. The zero-order chi connectivity index (χ0) is 60.1. The molecule has 86 heavy (non-hydrogen) atoms. The van der Waals surface area contributed by atoms with Gasteiger partial charge < -0.3 is 24.3 Å². The van der Waals surface area contributed by atoms with E-state index in [2.05, 4.69) is 26.2 Å². The lowest BCUT2D eigenvalue weighted by Crippen LogP contribution is -2.37. The fourth-order valence-corrected chi connectivity index (χ4v) is 13.3. The summed E-state index contributed by atoms with van der Waals surface area (Å²) in [5.74, 6) is -2.92. The largest absolute Gasteiger partial charge is 0.461 e. The number of aromatic nitrogens is 2. The van der Waals surface area contributed by atoms with E-state index in [1.54, 1.807) is 60.7 Å². The number of rotatable bonds is 16. The molecular formula is C68H54BrF2N3O10S2. The van der Waals surface area contributed by atoms with Gasteiger partial charge in [-0.05, 0) is 99.1 Å². The third-order valence-corrected chi connectivity index (χ3v) is 18.0. The molecule has 2 aliphatic rings. The molecule has 1 amide bonds. The number of amides is 1. The van der Waals surface area contributed by atoms with E-state index in [9.17, 15) is 33.2 Å². The second-order valence-corrected chi connectivity index (χ2v) is 24.2. The smallest absolute Gasteiger partial charge is 0.350 e. The van der Waals surface area contributed by atoms with Gasteiger partial charge in [0.1, 0.15) is 24.4 Å². The summed E-state index contributed by atoms with van der Waals surface area (Å²) in [4.78, 5) is 79.9. The average Bonchev–Trinajstić information content (AvgIpc) is 2.66. The number of halogens is 3. The number of nitrogens with one attached hydrogen (secondary N) is 1. The number of carbonyl (C=O) groups is 5. The van der Waals surface area contributed by atoms with Crippen LogP contribution in [-0.4, -0.2) is 91.8 Å². The van der Waals surface area contributed by atoms with Gasteiger partial charge in [0.2, 0.25) is 5.91 Å². The van der Waals surface area contributed by atoms with Crippen LogP contribution in [0.15, 0.2) is 235 Å². The van der Waals surface area contributed by atoms with Gasteiger partial charge in [0.05, 0.1) is 36.9 Å². The van der Waals surface area contributed by atoms with Crippen LogP contribution in [0.25, 0.3) is 44.5 Å². The van der Waals surface area contributed by atoms with Crippen LogP contribution in [0.1, 0.15) is 53.7 Å². The predicted octanol–water partition coefficient (Wildman–Crippen LogP) is 14.1. The number of nitrogens with zero attached hydrogens (tertiary/aromatic N) is 2. The number of carbonyl (C=O) groups excluding carboxylic acids is 5. The van der Waals surface area contributed by atoms with Crippen molar-refractivity contribution in [3.63, 3.8) is 0 Å². The fourth-order valence-electron chi connectivity index (χ4n) is 9.58. The molecule has 0 bridgehead atoms. The number of anilines is 1. The number of hydrogen-bond acceptors (Lipinski definition) is 13. The molecular weight excluding hydrogens is 1200 g/mol. The maximum absolute atomic E-state index is 16.2. The molecule has 1 N–H and O–H groups in total. The van der Waals surface area contributed by atoms with E-state index in [1.807, 2.05) is 158 Å². The minimum atomic E-state index is -1.86. The molecule has 0 aliphatic carbocycles. The van der Waals surface area contributed by atoms with E-state index in [-0.39, 0.29) is 24.6 Å². The number of alkyl halides is 3. The Balaban J connectivity index is 0.000000196. The zero-order valence-corrected chi connectivity index (χ0v) is 49.1. The van der Waals surface area contributed by atoms with E-state index in [4.69, 9.17) is 18.9 Å². The van der Waals surface area contributed by atoms with E-state index >= 15 is 4.39 Å². The van der Waals surface area contributed by atoms with E-state index in [1.165, 1.54) is 30.9 Å². The Labute approximate surface area is 511 Å². The van der Waals surface area contributed by atoms with E-state index in [0.717, 1.165) is 60.8 Å². The summed E-state index contributed by atoms with van der Waals surface area (Å²) >= 11 is 5.54. The van der Waals surface area contributed by atoms with E-state index < -0.39 is 80.1 Å². The van der Waals surface area contributed by atoms with Gasteiger partial charge in [-0.3, -0.25) is 9.36 Å². The van der Waals surface area contributed by atoms with Gasteiger partial charge in [-0.25, -0.2) is 32.8 Å². The monoisotopic (exact) mass is 1250 g/mol. The molecule has 3 heterocycles. The van der Waals surface area contributed by atoms with Crippen LogP contribution in [0.3, 0.4) is 0 Å². The molecule has 0 radical (unpaired) electrons. The number of thioether (sulfide) groups is 2. The number of esters is 4. The summed E-state index contributed by atoms with van der Waals surface area (Å²) in [6, 6.07) is 68.1. The Kier molecular flexibility index (Phi) is 19.8. The topological polar surface area (TPSA) is 169 Å². The summed E-state index contributed by atoms with van der Waals surface area (Å²) in [6.45, 7) is 0.893. The first-order valence-electron chi connectivity index (χ1n) is 27.2. The van der Waals surface area contributed by atoms with Crippen LogP contribution < -0.4 is 11.0 Å². The predicted molar refractivity (Wildman–Crippen MR) is 334 cm³/mol. The van der Waals surface area contributed by atoms with Gasteiger partial charge in [-0.1, -0.05) is 186 Å². The average molecular weight is 1260 g/mol. The molecule has 1 aromatic heterocycles. The highest BCUT2D eigenvalue weighted by molar-refractivity contribution is 9.11. The number of benzene rings is 8. The number of hydrogen-bond donors (Lipinski definition) is 1. The van der Waals surface area contributed by atoms with Gasteiger partial charge in [-0.15, -0.1) is 23.5 Å². The van der Waals surface area contributed by atoms with Crippen molar-refractivity contribution >= 4 is 75.1 Å². The second kappa shape index (κ2) is 28.3. The summed E-state index contributed by atoms with van der Waals surface area (Å²) in [6.07, 6.45) is -4.41. The minimum absolute atomic E-state index is 0.0212. The van der Waals surface area contributed by atoms with Crippen molar-refractivity contribution in [1.29, 1.82) is 0 Å². The molecule has 8 atom stereocenters. The molecule has 18 heteroatoms. The minimum Gasteiger partial charge on any atom is -0.461 e. The van der Waals surface area contributed by atoms with Gasteiger partial charge in [0, 0.05) is 13.1 Å². The Hall–Kier alpha value is -8.97. The molecule has 0 spiro atoms. The van der Waals surface area contributed by atoms with Crippen molar-refractivity contribution in [2.24, 2.45) is 0 Å². The SMILES string of the molecule is CC(=O)Nc1ccn([C@@H]2S[C@H](COC(=O)c3ccc(-c4ccccc4)cc3)[C@@H](OC(=O)c3ccc(-c4ccccc4)cc3)[C@@H]2F)c(=O)n1.O=C(OC[C@H]1S[C@H](Br)[C@@H](F)[C@@H]1OC(=O)c1ccc(-c2ccccc2)cc1)c1ccc(-c2ccccc2)cc1. The highest BCUT2D eigenvalue weighted by atomic mass is 79.9. The molecule has 0 unspecified atom stereocenters. The van der Waals surface area contributed by atoms with Crippen molar-refractivity contribution in [2.45, 2.75) is 51.5 Å². The Morgan fingerprint density at radius 1 is 0.465 bits per heavy atom. The first-order chi connectivity index (χ1) is 41.8. The normalized spacial score (nSPS) is 19.4. The summed E-state index contributed by atoms with van der Waals surface area (Å²) in [7, 11) is 0. The highest BCUT2D eigenvalue weighted by Crippen LogP contribution is 2.45. The molecule has 2 fully saturated rings. The Morgan fingerprint density at radius 2 is 0.791 bits per heavy atom. The molecule has 2 aliphatic heterocycles. The maximum atomic E-state index is 16.2. The Bertz CT molecular complexity index is 3860. The molecule has 11 rings (SSSR count). The van der Waals surface area contributed by atoms with Crippen LogP contribution in [0, 0.1) is 0 Å². The maximum Gasteiger partial charge on any atom is 0.350 e. The van der Waals surface area contributed by atoms with Gasteiger partial charge >= 0.3 is 29.6 Å². The van der Waals surface area contributed by atoms with Crippen LogP contribution in [0.2, 0.25) is 0 Å².